The molecule has 0 bridgehead atoms. The number of amides is 2. The van der Waals surface area contributed by atoms with Crippen molar-refractivity contribution < 1.29 is 22.7 Å². The first kappa shape index (κ1) is 21.3. The Bertz CT molecular complexity index is 724. The lowest BCUT2D eigenvalue weighted by Gasteiger charge is -2.34. The molecular formula is C18H27N3O5S. The number of nitrogens with one attached hydrogen (secondary N) is 2. The van der Waals surface area contributed by atoms with Gasteiger partial charge in [-0.3, -0.25) is 9.59 Å². The highest BCUT2D eigenvalue weighted by molar-refractivity contribution is 7.89. The smallest absolute Gasteiger partial charge is 0.309 e. The quantitative estimate of drug-likeness (QED) is 0.491. The van der Waals surface area contributed by atoms with Crippen molar-refractivity contribution in [2.24, 2.45) is 0 Å². The normalized spacial score (nSPS) is 18.0. The van der Waals surface area contributed by atoms with Gasteiger partial charge in [0.15, 0.2) is 0 Å². The fourth-order valence-corrected chi connectivity index (χ4v) is 4.83. The maximum absolute atomic E-state index is 12.9. The molecule has 0 radical (unpaired) electrons. The van der Waals surface area contributed by atoms with Gasteiger partial charge >= 0.3 is 11.8 Å². The van der Waals surface area contributed by atoms with Gasteiger partial charge in [-0.05, 0) is 31.4 Å². The van der Waals surface area contributed by atoms with E-state index in [4.69, 9.17) is 4.74 Å². The Hall–Kier alpha value is -1.97. The first-order valence-corrected chi connectivity index (χ1v) is 10.5. The predicted molar refractivity (Wildman–Crippen MR) is 100 cm³/mol. The summed E-state index contributed by atoms with van der Waals surface area (Å²) in [5.74, 6) is -1.44. The van der Waals surface area contributed by atoms with E-state index in [1.165, 1.54) is 11.4 Å². The summed E-state index contributed by atoms with van der Waals surface area (Å²) >= 11 is 0. The molecule has 150 valence electrons. The summed E-state index contributed by atoms with van der Waals surface area (Å²) in [5, 5.41) is 5.00. The van der Waals surface area contributed by atoms with Gasteiger partial charge in [-0.2, -0.15) is 4.31 Å². The average Bonchev–Trinajstić information content (AvgIpc) is 2.69. The Morgan fingerprint density at radius 1 is 1.11 bits per heavy atom. The maximum atomic E-state index is 12.9. The third kappa shape index (κ3) is 6.02. The molecule has 2 N–H and O–H groups in total. The van der Waals surface area contributed by atoms with Crippen molar-refractivity contribution in [3.8, 4) is 0 Å². The molecule has 2 rings (SSSR count). The summed E-state index contributed by atoms with van der Waals surface area (Å²) in [6, 6.07) is 8.17. The van der Waals surface area contributed by atoms with E-state index in [2.05, 4.69) is 10.6 Å². The first-order chi connectivity index (χ1) is 13.0. The molecule has 0 saturated carbocycles. The molecule has 1 fully saturated rings. The summed E-state index contributed by atoms with van der Waals surface area (Å²) in [6.07, 6.45) is 2.96. The molecule has 8 nitrogen and oxygen atoms in total. The van der Waals surface area contributed by atoms with Crippen molar-refractivity contribution in [2.45, 2.75) is 36.6 Å². The van der Waals surface area contributed by atoms with Crippen molar-refractivity contribution in [3.63, 3.8) is 0 Å². The van der Waals surface area contributed by atoms with Crippen LogP contribution >= 0.6 is 0 Å². The van der Waals surface area contributed by atoms with Crippen LogP contribution in [-0.2, 0) is 24.3 Å². The molecule has 1 aliphatic rings. The topological polar surface area (TPSA) is 105 Å². The van der Waals surface area contributed by atoms with Crippen molar-refractivity contribution >= 4 is 21.8 Å². The molecular weight excluding hydrogens is 370 g/mol. The van der Waals surface area contributed by atoms with E-state index < -0.39 is 21.8 Å². The first-order valence-electron chi connectivity index (χ1n) is 9.08. The molecule has 0 aromatic heterocycles. The zero-order valence-electron chi connectivity index (χ0n) is 15.5. The molecule has 1 saturated heterocycles. The highest BCUT2D eigenvalue weighted by atomic mass is 32.2. The number of benzene rings is 1. The molecule has 27 heavy (non-hydrogen) atoms. The van der Waals surface area contributed by atoms with Gasteiger partial charge in [-0.25, -0.2) is 8.42 Å². The largest absolute Gasteiger partial charge is 0.383 e. The van der Waals surface area contributed by atoms with Crippen LogP contribution in [0.25, 0.3) is 0 Å². The number of nitrogens with zero attached hydrogens (tertiary/aromatic N) is 1. The average molecular weight is 397 g/mol. The van der Waals surface area contributed by atoms with E-state index in [-0.39, 0.29) is 24.0 Å². The van der Waals surface area contributed by atoms with Crippen LogP contribution in [0.4, 0.5) is 0 Å². The van der Waals surface area contributed by atoms with Crippen LogP contribution in [0.5, 0.6) is 0 Å². The molecule has 0 aliphatic carbocycles. The number of rotatable bonds is 8. The van der Waals surface area contributed by atoms with Crippen molar-refractivity contribution in [1.82, 2.24) is 14.9 Å². The van der Waals surface area contributed by atoms with Crippen LogP contribution < -0.4 is 10.6 Å². The SMILES string of the molecule is COCCNC(=O)C(=O)NCC[C@H]1CCCCN1S(=O)(=O)c1ccccc1. The van der Waals surface area contributed by atoms with Crippen LogP contribution in [0.2, 0.25) is 0 Å². The summed E-state index contributed by atoms with van der Waals surface area (Å²) in [5.41, 5.74) is 0. The maximum Gasteiger partial charge on any atom is 0.309 e. The van der Waals surface area contributed by atoms with E-state index >= 15 is 0 Å². The summed E-state index contributed by atoms with van der Waals surface area (Å²) in [4.78, 5) is 23.7. The van der Waals surface area contributed by atoms with Crippen molar-refractivity contribution in [1.29, 1.82) is 0 Å². The molecule has 9 heteroatoms. The molecule has 1 atom stereocenters. The molecule has 1 aromatic carbocycles. The Morgan fingerprint density at radius 3 is 2.44 bits per heavy atom. The van der Waals surface area contributed by atoms with Gasteiger partial charge in [0.05, 0.1) is 11.5 Å². The highest BCUT2D eigenvalue weighted by Crippen LogP contribution is 2.26. The lowest BCUT2D eigenvalue weighted by atomic mass is 10.0. The zero-order valence-corrected chi connectivity index (χ0v) is 16.3. The van der Waals surface area contributed by atoms with Crippen LogP contribution in [0.1, 0.15) is 25.7 Å². The standard InChI is InChI=1S/C18H27N3O5S/c1-26-14-12-20-18(23)17(22)19-11-10-15-7-5-6-13-21(15)27(24,25)16-8-3-2-4-9-16/h2-4,8-9,15H,5-7,10-14H2,1H3,(H,19,22)(H,20,23)/t15-/m1/s1. The number of hydrogen-bond donors (Lipinski definition) is 2. The predicted octanol–water partition coefficient (Wildman–Crippen LogP) is 0.499. The third-order valence-corrected chi connectivity index (χ3v) is 6.45. The summed E-state index contributed by atoms with van der Waals surface area (Å²) in [6.45, 7) is 1.29. The second-order valence-corrected chi connectivity index (χ2v) is 8.26. The fourth-order valence-electron chi connectivity index (χ4n) is 3.09. The molecule has 0 spiro atoms. The van der Waals surface area contributed by atoms with Crippen LogP contribution in [0.3, 0.4) is 0 Å². The fraction of sp³-hybridized carbons (Fsp3) is 0.556. The minimum absolute atomic E-state index is 0.194. The van der Waals surface area contributed by atoms with E-state index in [0.717, 1.165) is 19.3 Å². The number of hydrogen-bond acceptors (Lipinski definition) is 5. The zero-order chi connectivity index (χ0) is 19.7. The second kappa shape index (κ2) is 10.4. The molecule has 1 aromatic rings. The number of carbonyl (C=O) groups excluding carboxylic acids is 2. The van der Waals surface area contributed by atoms with Crippen LogP contribution in [-0.4, -0.2) is 63.9 Å². The Morgan fingerprint density at radius 2 is 1.78 bits per heavy atom. The van der Waals surface area contributed by atoms with Gasteiger partial charge in [0.25, 0.3) is 0 Å². The number of carbonyl (C=O) groups is 2. The molecule has 2 amide bonds. The van der Waals surface area contributed by atoms with E-state index in [0.29, 0.717) is 19.6 Å². The highest BCUT2D eigenvalue weighted by Gasteiger charge is 2.33. The van der Waals surface area contributed by atoms with Crippen molar-refractivity contribution in [2.75, 3.05) is 33.4 Å². The van der Waals surface area contributed by atoms with Gasteiger partial charge in [-0.15, -0.1) is 0 Å². The number of piperidine rings is 1. The van der Waals surface area contributed by atoms with Crippen LogP contribution in [0.15, 0.2) is 35.2 Å². The summed E-state index contributed by atoms with van der Waals surface area (Å²) < 4.78 is 32.2. The lowest BCUT2D eigenvalue weighted by Crippen LogP contribution is -2.46. The molecule has 1 heterocycles. The summed E-state index contributed by atoms with van der Waals surface area (Å²) in [7, 11) is -2.06. The van der Waals surface area contributed by atoms with Crippen molar-refractivity contribution in [3.05, 3.63) is 30.3 Å². The number of methoxy groups -OCH3 is 1. The minimum Gasteiger partial charge on any atom is -0.383 e. The third-order valence-electron chi connectivity index (χ3n) is 4.48. The number of sulfonamides is 1. The minimum atomic E-state index is -3.57. The van der Waals surface area contributed by atoms with Gasteiger partial charge in [0.1, 0.15) is 0 Å². The Balaban J connectivity index is 1.90. The van der Waals surface area contributed by atoms with E-state index in [9.17, 15) is 18.0 Å². The van der Waals surface area contributed by atoms with Gasteiger partial charge in [-0.1, -0.05) is 24.6 Å². The Kier molecular flexibility index (Phi) is 8.21. The van der Waals surface area contributed by atoms with Gasteiger partial charge in [0.2, 0.25) is 10.0 Å². The molecule has 0 unspecified atom stereocenters. The van der Waals surface area contributed by atoms with E-state index in [1.807, 2.05) is 0 Å². The molecule has 1 aliphatic heterocycles. The second-order valence-electron chi connectivity index (χ2n) is 6.37. The van der Waals surface area contributed by atoms with E-state index in [1.54, 1.807) is 30.3 Å². The lowest BCUT2D eigenvalue weighted by molar-refractivity contribution is -0.139. The Labute approximate surface area is 160 Å². The van der Waals surface area contributed by atoms with Crippen LogP contribution in [0, 0.1) is 0 Å². The van der Waals surface area contributed by atoms with Gasteiger partial charge in [0, 0.05) is 32.8 Å². The monoisotopic (exact) mass is 397 g/mol. The van der Waals surface area contributed by atoms with Gasteiger partial charge < -0.3 is 15.4 Å². The number of ether oxygens (including phenoxy) is 1.